The standard InChI is InChI=1S/C20H22F3NO4/c21-20(22,23)14-2-1-3-15(5-14)24-16(25)10-28-17(26)18-6-12-4-13(7-18)9-19(27,8-12)11-18/h1-3,5,12-13,27H,4,6-11H2,(H,24,25)/t12-,13+,18?,19?. The number of aliphatic hydroxyl groups is 1. The second-order valence-corrected chi connectivity index (χ2v) is 8.67. The lowest BCUT2D eigenvalue weighted by Gasteiger charge is -2.58. The van der Waals surface area contributed by atoms with Gasteiger partial charge in [0, 0.05) is 5.69 Å². The molecule has 0 aromatic heterocycles. The first kappa shape index (κ1) is 19.2. The SMILES string of the molecule is O=C(COC(=O)C12C[C@@H]3C[C@@H](CC(O)(C3)C1)C2)Nc1cccc(C(F)(F)F)c1. The van der Waals surface area contributed by atoms with Crippen molar-refractivity contribution in [3.05, 3.63) is 29.8 Å². The molecule has 1 aromatic carbocycles. The van der Waals surface area contributed by atoms with E-state index in [1.54, 1.807) is 0 Å². The fourth-order valence-electron chi connectivity index (χ4n) is 5.71. The highest BCUT2D eigenvalue weighted by Gasteiger charge is 2.60. The molecule has 0 radical (unpaired) electrons. The quantitative estimate of drug-likeness (QED) is 0.763. The van der Waals surface area contributed by atoms with Gasteiger partial charge < -0.3 is 15.2 Å². The summed E-state index contributed by atoms with van der Waals surface area (Å²) >= 11 is 0. The van der Waals surface area contributed by atoms with Crippen LogP contribution in [0.2, 0.25) is 0 Å². The van der Waals surface area contributed by atoms with E-state index in [-0.39, 0.29) is 5.69 Å². The van der Waals surface area contributed by atoms with Crippen molar-refractivity contribution in [1.29, 1.82) is 0 Å². The molecule has 8 heteroatoms. The number of anilines is 1. The van der Waals surface area contributed by atoms with Gasteiger partial charge in [0.05, 0.1) is 16.6 Å². The van der Waals surface area contributed by atoms with E-state index < -0.39 is 41.2 Å². The summed E-state index contributed by atoms with van der Waals surface area (Å²) in [4.78, 5) is 24.8. The first-order chi connectivity index (χ1) is 13.1. The number of nitrogens with one attached hydrogen (secondary N) is 1. The predicted octanol–water partition coefficient (Wildman–Crippen LogP) is 3.52. The summed E-state index contributed by atoms with van der Waals surface area (Å²) in [5, 5.41) is 13.0. The van der Waals surface area contributed by atoms with Crippen molar-refractivity contribution >= 4 is 17.6 Å². The number of carbonyl (C=O) groups excluding carboxylic acids is 2. The van der Waals surface area contributed by atoms with E-state index in [1.807, 2.05) is 0 Å². The number of esters is 1. The van der Waals surface area contributed by atoms with E-state index in [4.69, 9.17) is 4.74 Å². The largest absolute Gasteiger partial charge is 0.455 e. The molecule has 4 saturated carbocycles. The molecule has 4 aliphatic rings. The third-order valence-corrected chi connectivity index (χ3v) is 6.27. The zero-order valence-electron chi connectivity index (χ0n) is 15.2. The molecule has 4 aliphatic carbocycles. The average Bonchev–Trinajstić information content (AvgIpc) is 2.57. The highest BCUT2D eigenvalue weighted by molar-refractivity contribution is 5.93. The van der Waals surface area contributed by atoms with Gasteiger partial charge >= 0.3 is 12.1 Å². The molecule has 2 N–H and O–H groups in total. The van der Waals surface area contributed by atoms with Crippen LogP contribution in [0.1, 0.15) is 44.1 Å². The van der Waals surface area contributed by atoms with E-state index in [0.717, 1.165) is 18.6 Å². The van der Waals surface area contributed by atoms with E-state index >= 15 is 0 Å². The first-order valence-electron chi connectivity index (χ1n) is 9.44. The fraction of sp³-hybridized carbons (Fsp3) is 0.600. The van der Waals surface area contributed by atoms with Crippen LogP contribution in [0.15, 0.2) is 24.3 Å². The van der Waals surface area contributed by atoms with Crippen LogP contribution in [0.5, 0.6) is 0 Å². The van der Waals surface area contributed by atoms with Crippen LogP contribution in [0.25, 0.3) is 0 Å². The average molecular weight is 397 g/mol. The predicted molar refractivity (Wildman–Crippen MR) is 93.1 cm³/mol. The molecule has 0 spiro atoms. The number of amides is 1. The Kier molecular flexibility index (Phi) is 4.45. The number of hydrogen-bond donors (Lipinski definition) is 2. The van der Waals surface area contributed by atoms with Crippen LogP contribution in [0.4, 0.5) is 18.9 Å². The van der Waals surface area contributed by atoms with Crippen LogP contribution in [-0.2, 0) is 20.5 Å². The van der Waals surface area contributed by atoms with Gasteiger partial charge in [-0.05, 0) is 68.6 Å². The summed E-state index contributed by atoms with van der Waals surface area (Å²) in [6.07, 6.45) is -0.358. The van der Waals surface area contributed by atoms with Gasteiger partial charge in [-0.2, -0.15) is 13.2 Å². The number of benzene rings is 1. The molecule has 4 atom stereocenters. The van der Waals surface area contributed by atoms with Gasteiger partial charge in [0.2, 0.25) is 0 Å². The van der Waals surface area contributed by atoms with E-state index in [0.29, 0.717) is 43.9 Å². The van der Waals surface area contributed by atoms with Gasteiger partial charge in [0.15, 0.2) is 6.61 Å². The first-order valence-corrected chi connectivity index (χ1v) is 9.44. The normalized spacial score (nSPS) is 33.6. The fourth-order valence-corrected chi connectivity index (χ4v) is 5.71. The van der Waals surface area contributed by atoms with E-state index in [1.165, 1.54) is 12.1 Å². The Labute approximate surface area is 160 Å². The van der Waals surface area contributed by atoms with Crippen molar-refractivity contribution in [3.63, 3.8) is 0 Å². The van der Waals surface area contributed by atoms with E-state index in [9.17, 15) is 27.9 Å². The molecule has 1 amide bonds. The summed E-state index contributed by atoms with van der Waals surface area (Å²) in [7, 11) is 0. The van der Waals surface area contributed by atoms with Crippen molar-refractivity contribution < 1.29 is 32.6 Å². The van der Waals surface area contributed by atoms with Gasteiger partial charge in [-0.3, -0.25) is 9.59 Å². The van der Waals surface area contributed by atoms with Crippen molar-refractivity contribution in [2.24, 2.45) is 17.3 Å². The second kappa shape index (κ2) is 6.47. The summed E-state index contributed by atoms with van der Waals surface area (Å²) in [6, 6.07) is 4.27. The lowest BCUT2D eigenvalue weighted by atomic mass is 9.48. The molecule has 0 heterocycles. The molecule has 5 nitrogen and oxygen atoms in total. The van der Waals surface area contributed by atoms with Crippen LogP contribution in [0.3, 0.4) is 0 Å². The van der Waals surface area contributed by atoms with Gasteiger partial charge in [0.25, 0.3) is 5.91 Å². The Balaban J connectivity index is 1.36. The molecule has 5 rings (SSSR count). The summed E-state index contributed by atoms with van der Waals surface area (Å²) in [5.41, 5.74) is -2.44. The number of halogens is 3. The van der Waals surface area contributed by atoms with Gasteiger partial charge in [-0.1, -0.05) is 6.07 Å². The number of carbonyl (C=O) groups is 2. The summed E-state index contributed by atoms with van der Waals surface area (Å²) in [6.45, 7) is -0.565. The summed E-state index contributed by atoms with van der Waals surface area (Å²) in [5.74, 6) is -0.578. The monoisotopic (exact) mass is 397 g/mol. The highest BCUT2D eigenvalue weighted by Crippen LogP contribution is 2.61. The second-order valence-electron chi connectivity index (χ2n) is 8.67. The smallest absolute Gasteiger partial charge is 0.416 e. The van der Waals surface area contributed by atoms with Gasteiger partial charge in [0.1, 0.15) is 0 Å². The minimum atomic E-state index is -4.51. The Morgan fingerprint density at radius 3 is 2.46 bits per heavy atom. The lowest BCUT2D eigenvalue weighted by Crippen LogP contribution is -2.58. The van der Waals surface area contributed by atoms with Crippen LogP contribution in [-0.4, -0.2) is 29.2 Å². The minimum Gasteiger partial charge on any atom is -0.455 e. The van der Waals surface area contributed by atoms with Crippen LogP contribution < -0.4 is 5.32 Å². The van der Waals surface area contributed by atoms with Crippen molar-refractivity contribution in [2.75, 3.05) is 11.9 Å². The van der Waals surface area contributed by atoms with Gasteiger partial charge in [-0.15, -0.1) is 0 Å². The number of ether oxygens (including phenoxy) is 1. The Morgan fingerprint density at radius 1 is 1.18 bits per heavy atom. The molecule has 4 bridgehead atoms. The Bertz CT molecular complexity index is 793. The Morgan fingerprint density at radius 2 is 1.86 bits per heavy atom. The van der Waals surface area contributed by atoms with E-state index in [2.05, 4.69) is 5.32 Å². The van der Waals surface area contributed by atoms with Crippen molar-refractivity contribution in [2.45, 2.75) is 50.3 Å². The molecular weight excluding hydrogens is 375 g/mol. The maximum absolute atomic E-state index is 12.7. The minimum absolute atomic E-state index is 0.0139. The lowest BCUT2D eigenvalue weighted by molar-refractivity contribution is -0.196. The maximum Gasteiger partial charge on any atom is 0.416 e. The molecule has 0 aliphatic heterocycles. The molecule has 4 fully saturated rings. The molecule has 28 heavy (non-hydrogen) atoms. The highest BCUT2D eigenvalue weighted by atomic mass is 19.4. The molecule has 1 aromatic rings. The summed E-state index contributed by atoms with van der Waals surface area (Å²) < 4.78 is 43.5. The maximum atomic E-state index is 12.7. The van der Waals surface area contributed by atoms with Crippen LogP contribution in [0, 0.1) is 17.3 Å². The van der Waals surface area contributed by atoms with Gasteiger partial charge in [-0.25, -0.2) is 0 Å². The topological polar surface area (TPSA) is 75.6 Å². The number of hydrogen-bond acceptors (Lipinski definition) is 4. The zero-order valence-corrected chi connectivity index (χ0v) is 15.2. The van der Waals surface area contributed by atoms with Crippen LogP contribution >= 0.6 is 0 Å². The third kappa shape index (κ3) is 3.62. The van der Waals surface area contributed by atoms with Crippen molar-refractivity contribution in [3.8, 4) is 0 Å². The number of rotatable bonds is 4. The Hall–Kier alpha value is -2.09. The third-order valence-electron chi connectivity index (χ3n) is 6.27. The molecular formula is C20H22F3NO4. The molecule has 0 saturated heterocycles. The molecule has 2 unspecified atom stereocenters. The number of alkyl halides is 3. The molecule has 152 valence electrons. The van der Waals surface area contributed by atoms with Crippen molar-refractivity contribution in [1.82, 2.24) is 0 Å². The zero-order chi connectivity index (χ0) is 20.2.